The molecule has 0 bridgehead atoms. The molecule has 1 saturated carbocycles. The van der Waals surface area contributed by atoms with Crippen LogP contribution in [0.2, 0.25) is 0 Å². The lowest BCUT2D eigenvalue weighted by molar-refractivity contribution is -0.129. The second-order valence-electron chi connectivity index (χ2n) is 7.00. The van der Waals surface area contributed by atoms with Gasteiger partial charge in [0, 0.05) is 19.7 Å². The van der Waals surface area contributed by atoms with Crippen molar-refractivity contribution in [3.05, 3.63) is 41.2 Å². The first kappa shape index (κ1) is 22.8. The molecular weight excluding hydrogens is 447 g/mol. The summed E-state index contributed by atoms with van der Waals surface area (Å²) in [7, 11) is -0.165. The van der Waals surface area contributed by atoms with E-state index >= 15 is 0 Å². The Morgan fingerprint density at radius 2 is 1.97 bits per heavy atom. The lowest BCUT2D eigenvalue weighted by Gasteiger charge is -2.10. The number of amides is 2. The van der Waals surface area contributed by atoms with Gasteiger partial charge in [-0.3, -0.25) is 14.9 Å². The van der Waals surface area contributed by atoms with Crippen LogP contribution < -0.4 is 5.32 Å². The van der Waals surface area contributed by atoms with Gasteiger partial charge in [0.2, 0.25) is 5.91 Å². The van der Waals surface area contributed by atoms with E-state index in [-0.39, 0.29) is 39.9 Å². The maximum atomic E-state index is 13.2. The normalized spacial score (nSPS) is 14.2. The van der Waals surface area contributed by atoms with Gasteiger partial charge in [0.15, 0.2) is 25.8 Å². The number of nitrogens with zero attached hydrogens (tertiary/aromatic N) is 3. The molecule has 1 aromatic heterocycles. The zero-order valence-electron chi connectivity index (χ0n) is 16.9. The third-order valence-electron chi connectivity index (χ3n) is 4.39. The SMILES string of the molecule is CN(C)C(=O)CCO/N=C(/C(=O)Nc1ncc(F)s1)c1ccc(S(=O)(=O)C2CC2)cc1. The van der Waals surface area contributed by atoms with E-state index in [9.17, 15) is 22.4 Å². The van der Waals surface area contributed by atoms with Gasteiger partial charge in [0.1, 0.15) is 6.61 Å². The molecule has 2 aromatic rings. The predicted octanol–water partition coefficient (Wildman–Crippen LogP) is 2.06. The number of hydrogen-bond acceptors (Lipinski definition) is 8. The van der Waals surface area contributed by atoms with Crippen molar-refractivity contribution in [2.45, 2.75) is 29.4 Å². The van der Waals surface area contributed by atoms with Crippen LogP contribution in [0.4, 0.5) is 9.52 Å². The maximum Gasteiger partial charge on any atom is 0.280 e. The summed E-state index contributed by atoms with van der Waals surface area (Å²) in [5.74, 6) is -0.889. The molecule has 1 N–H and O–H groups in total. The van der Waals surface area contributed by atoms with Crippen LogP contribution in [0, 0.1) is 5.13 Å². The number of oxime groups is 1. The van der Waals surface area contributed by atoms with Crippen molar-refractivity contribution < 1.29 is 27.2 Å². The Labute approximate surface area is 182 Å². The molecule has 1 aliphatic rings. The largest absolute Gasteiger partial charge is 0.395 e. The highest BCUT2D eigenvalue weighted by Gasteiger charge is 2.36. The lowest BCUT2D eigenvalue weighted by Crippen LogP contribution is -2.25. The predicted molar refractivity (Wildman–Crippen MR) is 113 cm³/mol. The van der Waals surface area contributed by atoms with Crippen LogP contribution >= 0.6 is 11.3 Å². The minimum atomic E-state index is -3.38. The van der Waals surface area contributed by atoms with Gasteiger partial charge in [-0.05, 0) is 25.0 Å². The van der Waals surface area contributed by atoms with Gasteiger partial charge in [-0.25, -0.2) is 13.4 Å². The fourth-order valence-electron chi connectivity index (χ4n) is 2.53. The van der Waals surface area contributed by atoms with Gasteiger partial charge in [0.25, 0.3) is 5.91 Å². The number of benzene rings is 1. The summed E-state index contributed by atoms with van der Waals surface area (Å²) in [6.45, 7) is -0.0617. The Balaban J connectivity index is 1.79. The number of anilines is 1. The molecule has 0 unspecified atom stereocenters. The number of nitrogens with one attached hydrogen (secondary N) is 1. The number of carbonyl (C=O) groups excluding carboxylic acids is 2. The molecule has 0 aliphatic heterocycles. The van der Waals surface area contributed by atoms with E-state index in [1.165, 1.54) is 29.2 Å². The zero-order chi connectivity index (χ0) is 22.6. The minimum Gasteiger partial charge on any atom is -0.395 e. The fourth-order valence-corrected chi connectivity index (χ4v) is 4.73. The Kier molecular flexibility index (Phi) is 7.01. The maximum absolute atomic E-state index is 13.2. The van der Waals surface area contributed by atoms with Gasteiger partial charge in [-0.1, -0.05) is 28.6 Å². The second kappa shape index (κ2) is 9.52. The van der Waals surface area contributed by atoms with Crippen molar-refractivity contribution in [3.63, 3.8) is 0 Å². The summed E-state index contributed by atoms with van der Waals surface area (Å²) >= 11 is 0.645. The molecule has 166 valence electrons. The van der Waals surface area contributed by atoms with Crippen LogP contribution in [-0.4, -0.2) is 61.8 Å². The molecule has 1 aliphatic carbocycles. The van der Waals surface area contributed by atoms with E-state index in [4.69, 9.17) is 4.84 Å². The van der Waals surface area contributed by atoms with Crippen molar-refractivity contribution >= 4 is 43.8 Å². The molecule has 1 aromatic carbocycles. The minimum absolute atomic E-state index is 0.0333. The highest BCUT2D eigenvalue weighted by molar-refractivity contribution is 7.92. The summed E-state index contributed by atoms with van der Waals surface area (Å²) in [5, 5.41) is 5.37. The van der Waals surface area contributed by atoms with Crippen molar-refractivity contribution in [1.29, 1.82) is 0 Å². The van der Waals surface area contributed by atoms with Crippen molar-refractivity contribution in [3.8, 4) is 0 Å². The average molecular weight is 469 g/mol. The summed E-state index contributed by atoms with van der Waals surface area (Å²) < 4.78 is 37.9. The molecule has 0 atom stereocenters. The number of aromatic nitrogens is 1. The van der Waals surface area contributed by atoms with E-state index < -0.39 is 20.9 Å². The van der Waals surface area contributed by atoms with E-state index in [0.717, 1.165) is 6.20 Å². The standard InChI is InChI=1S/C19H21FN4O5S2/c1-24(2)16(25)9-10-29-23-17(18(26)22-19-21-11-15(20)30-19)12-3-5-13(6-4-12)31(27,28)14-7-8-14/h3-6,11,14H,7-10H2,1-2H3,(H,21,22,26)/b23-17+. The Hall–Kier alpha value is -2.86. The number of halogens is 1. The van der Waals surface area contributed by atoms with Crippen LogP contribution in [0.5, 0.6) is 0 Å². The second-order valence-corrected chi connectivity index (χ2v) is 10.2. The van der Waals surface area contributed by atoms with E-state index in [0.29, 0.717) is 29.7 Å². The van der Waals surface area contributed by atoms with Crippen LogP contribution in [-0.2, 0) is 24.3 Å². The number of rotatable bonds is 9. The summed E-state index contributed by atoms with van der Waals surface area (Å²) in [5.41, 5.74) is 0.131. The fraction of sp³-hybridized carbons (Fsp3) is 0.368. The molecule has 2 amide bonds. The molecule has 0 spiro atoms. The molecule has 3 rings (SSSR count). The summed E-state index contributed by atoms with van der Waals surface area (Å²) in [6, 6.07) is 5.71. The lowest BCUT2D eigenvalue weighted by atomic mass is 10.1. The number of sulfone groups is 1. The Bertz CT molecular complexity index is 1090. The summed E-state index contributed by atoms with van der Waals surface area (Å²) in [6.07, 6.45) is 2.31. The first-order chi connectivity index (χ1) is 14.7. The van der Waals surface area contributed by atoms with Gasteiger partial charge in [-0.2, -0.15) is 4.39 Å². The number of hydrogen-bond donors (Lipinski definition) is 1. The molecule has 0 radical (unpaired) electrons. The molecule has 12 heteroatoms. The smallest absolute Gasteiger partial charge is 0.280 e. The highest BCUT2D eigenvalue weighted by Crippen LogP contribution is 2.33. The topological polar surface area (TPSA) is 118 Å². The van der Waals surface area contributed by atoms with Crippen molar-refractivity contribution in [2.75, 3.05) is 26.0 Å². The number of carbonyl (C=O) groups is 2. The molecule has 0 saturated heterocycles. The zero-order valence-corrected chi connectivity index (χ0v) is 18.5. The number of thiazole rings is 1. The quantitative estimate of drug-likeness (QED) is 0.342. The van der Waals surface area contributed by atoms with Gasteiger partial charge in [0.05, 0.1) is 22.8 Å². The first-order valence-corrected chi connectivity index (χ1v) is 11.7. The molecule has 9 nitrogen and oxygen atoms in total. The Morgan fingerprint density at radius 3 is 2.52 bits per heavy atom. The Morgan fingerprint density at radius 1 is 1.29 bits per heavy atom. The van der Waals surface area contributed by atoms with Crippen molar-refractivity contribution in [2.24, 2.45) is 5.16 Å². The van der Waals surface area contributed by atoms with Crippen molar-refractivity contribution in [1.82, 2.24) is 9.88 Å². The third-order valence-corrected chi connectivity index (χ3v) is 7.37. The first-order valence-electron chi connectivity index (χ1n) is 9.35. The van der Waals surface area contributed by atoms with E-state index in [2.05, 4.69) is 15.5 Å². The molecular formula is C19H21FN4O5S2. The molecule has 31 heavy (non-hydrogen) atoms. The van der Waals surface area contributed by atoms with Gasteiger partial charge < -0.3 is 9.74 Å². The highest BCUT2D eigenvalue weighted by atomic mass is 32.2. The van der Waals surface area contributed by atoms with Crippen LogP contribution in [0.1, 0.15) is 24.8 Å². The van der Waals surface area contributed by atoms with Gasteiger partial charge >= 0.3 is 0 Å². The van der Waals surface area contributed by atoms with E-state index in [1.54, 1.807) is 14.1 Å². The monoisotopic (exact) mass is 468 g/mol. The van der Waals surface area contributed by atoms with Crippen LogP contribution in [0.3, 0.4) is 0 Å². The van der Waals surface area contributed by atoms with Crippen LogP contribution in [0.15, 0.2) is 40.5 Å². The summed E-state index contributed by atoms with van der Waals surface area (Å²) in [4.78, 5) is 34.8. The molecule has 1 fully saturated rings. The van der Waals surface area contributed by atoms with Gasteiger partial charge in [-0.15, -0.1) is 0 Å². The third kappa shape index (κ3) is 5.85. The van der Waals surface area contributed by atoms with Crippen LogP contribution in [0.25, 0.3) is 0 Å². The molecule has 1 heterocycles. The average Bonchev–Trinajstić information content (AvgIpc) is 3.51. The van der Waals surface area contributed by atoms with E-state index in [1.807, 2.05) is 0 Å².